The number of aromatic nitrogens is 1. The molecule has 1 heterocycles. The Balaban J connectivity index is 1.87. The standard InChI is InChI=1S/C23H18F4N2OS/c1-2-11-31-22-19(13-28)20(23(25,26)27)12-21(29-22)16-5-9-18(10-6-16)30-14-15-3-7-17(24)8-4-15/h3-10,12H,2,11,14H2,1H3. The first-order chi connectivity index (χ1) is 14.8. The monoisotopic (exact) mass is 446 g/mol. The molecule has 3 nitrogen and oxygen atoms in total. The van der Waals surface area contributed by atoms with E-state index in [0.717, 1.165) is 29.8 Å². The lowest BCUT2D eigenvalue weighted by Gasteiger charge is -2.14. The van der Waals surface area contributed by atoms with E-state index < -0.39 is 17.3 Å². The summed E-state index contributed by atoms with van der Waals surface area (Å²) < 4.78 is 59.3. The summed E-state index contributed by atoms with van der Waals surface area (Å²) in [6, 6.07) is 14.9. The van der Waals surface area contributed by atoms with Gasteiger partial charge in [0.1, 0.15) is 29.3 Å². The van der Waals surface area contributed by atoms with E-state index in [2.05, 4.69) is 4.98 Å². The number of alkyl halides is 3. The molecule has 0 saturated carbocycles. The average Bonchev–Trinajstić information content (AvgIpc) is 2.76. The van der Waals surface area contributed by atoms with Crippen molar-refractivity contribution in [2.75, 3.05) is 5.75 Å². The summed E-state index contributed by atoms with van der Waals surface area (Å²) in [7, 11) is 0. The van der Waals surface area contributed by atoms with Crippen LogP contribution < -0.4 is 4.74 Å². The van der Waals surface area contributed by atoms with E-state index in [1.807, 2.05) is 6.92 Å². The van der Waals surface area contributed by atoms with Crippen LogP contribution in [-0.4, -0.2) is 10.7 Å². The second-order valence-electron chi connectivity index (χ2n) is 6.63. The van der Waals surface area contributed by atoms with Crippen LogP contribution in [0.5, 0.6) is 5.75 Å². The largest absolute Gasteiger partial charge is 0.489 e. The predicted octanol–water partition coefficient (Wildman–Crippen LogP) is 6.86. The van der Waals surface area contributed by atoms with Crippen LogP contribution in [0.2, 0.25) is 0 Å². The summed E-state index contributed by atoms with van der Waals surface area (Å²) in [6.45, 7) is 2.13. The zero-order valence-electron chi connectivity index (χ0n) is 16.5. The molecule has 0 spiro atoms. The van der Waals surface area contributed by atoms with E-state index in [9.17, 15) is 22.8 Å². The van der Waals surface area contributed by atoms with Gasteiger partial charge in [-0.3, -0.25) is 0 Å². The van der Waals surface area contributed by atoms with Crippen LogP contribution in [0, 0.1) is 17.1 Å². The fourth-order valence-electron chi connectivity index (χ4n) is 2.77. The molecule has 0 unspecified atom stereocenters. The molecule has 8 heteroatoms. The quantitative estimate of drug-likeness (QED) is 0.294. The summed E-state index contributed by atoms with van der Waals surface area (Å²) >= 11 is 1.14. The van der Waals surface area contributed by atoms with Gasteiger partial charge < -0.3 is 4.74 Å². The van der Waals surface area contributed by atoms with Crippen LogP contribution in [0.3, 0.4) is 0 Å². The fourth-order valence-corrected chi connectivity index (χ4v) is 3.63. The number of nitriles is 1. The number of ether oxygens (including phenoxy) is 1. The van der Waals surface area contributed by atoms with Gasteiger partial charge in [0, 0.05) is 5.56 Å². The second kappa shape index (κ2) is 9.84. The Morgan fingerprint density at radius 3 is 2.32 bits per heavy atom. The molecule has 0 aliphatic carbocycles. The molecule has 0 amide bonds. The van der Waals surface area contributed by atoms with E-state index in [0.29, 0.717) is 17.1 Å². The van der Waals surface area contributed by atoms with Crippen LogP contribution in [0.15, 0.2) is 59.6 Å². The Morgan fingerprint density at radius 1 is 1.06 bits per heavy atom. The van der Waals surface area contributed by atoms with Crippen LogP contribution in [0.1, 0.15) is 30.0 Å². The number of benzene rings is 2. The van der Waals surface area contributed by atoms with Crippen molar-refractivity contribution in [3.05, 3.63) is 77.1 Å². The number of nitrogens with zero attached hydrogens (tertiary/aromatic N) is 2. The number of rotatable bonds is 7. The van der Waals surface area contributed by atoms with Gasteiger partial charge in [0.05, 0.1) is 16.8 Å². The van der Waals surface area contributed by atoms with Gasteiger partial charge in [-0.2, -0.15) is 18.4 Å². The van der Waals surface area contributed by atoms with Crippen LogP contribution in [-0.2, 0) is 12.8 Å². The summed E-state index contributed by atoms with van der Waals surface area (Å²) in [5.74, 6) is 0.731. The maximum Gasteiger partial charge on any atom is 0.417 e. The fraction of sp³-hybridized carbons (Fsp3) is 0.217. The van der Waals surface area contributed by atoms with E-state index in [1.165, 1.54) is 12.1 Å². The minimum Gasteiger partial charge on any atom is -0.489 e. The van der Waals surface area contributed by atoms with Crippen molar-refractivity contribution in [2.24, 2.45) is 0 Å². The molecule has 0 fully saturated rings. The molecule has 0 radical (unpaired) electrons. The van der Waals surface area contributed by atoms with Crippen molar-refractivity contribution in [1.29, 1.82) is 5.26 Å². The third-order valence-corrected chi connectivity index (χ3v) is 5.50. The molecule has 31 heavy (non-hydrogen) atoms. The van der Waals surface area contributed by atoms with Crippen molar-refractivity contribution in [3.63, 3.8) is 0 Å². The van der Waals surface area contributed by atoms with Gasteiger partial charge in [0.15, 0.2) is 0 Å². The molecule has 0 aliphatic rings. The number of pyridine rings is 1. The summed E-state index contributed by atoms with van der Waals surface area (Å²) in [6.07, 6.45) is -3.93. The number of hydrogen-bond donors (Lipinski definition) is 0. The first-order valence-corrected chi connectivity index (χ1v) is 10.4. The zero-order chi connectivity index (χ0) is 22.4. The first-order valence-electron chi connectivity index (χ1n) is 9.44. The Labute approximate surface area is 181 Å². The molecular weight excluding hydrogens is 428 g/mol. The van der Waals surface area contributed by atoms with Crippen molar-refractivity contribution < 1.29 is 22.3 Å². The van der Waals surface area contributed by atoms with E-state index >= 15 is 0 Å². The normalized spacial score (nSPS) is 11.2. The van der Waals surface area contributed by atoms with Gasteiger partial charge >= 0.3 is 6.18 Å². The SMILES string of the molecule is CCCSc1nc(-c2ccc(OCc3ccc(F)cc3)cc2)cc(C(F)(F)F)c1C#N. The van der Waals surface area contributed by atoms with E-state index in [1.54, 1.807) is 42.5 Å². The third kappa shape index (κ3) is 5.76. The molecule has 1 aromatic heterocycles. The lowest BCUT2D eigenvalue weighted by Crippen LogP contribution is -2.10. The molecule has 3 rings (SSSR count). The maximum atomic E-state index is 13.6. The maximum absolute atomic E-state index is 13.6. The smallest absolute Gasteiger partial charge is 0.417 e. The number of thioether (sulfide) groups is 1. The highest BCUT2D eigenvalue weighted by molar-refractivity contribution is 7.99. The van der Waals surface area contributed by atoms with Gasteiger partial charge in [0.25, 0.3) is 0 Å². The minimum atomic E-state index is -4.66. The van der Waals surface area contributed by atoms with Gasteiger partial charge in [-0.25, -0.2) is 9.37 Å². The van der Waals surface area contributed by atoms with Crippen molar-refractivity contribution in [1.82, 2.24) is 4.98 Å². The molecule has 0 N–H and O–H groups in total. The minimum absolute atomic E-state index is 0.0748. The molecule has 0 bridgehead atoms. The molecule has 0 aliphatic heterocycles. The highest BCUT2D eigenvalue weighted by atomic mass is 32.2. The number of hydrogen-bond acceptors (Lipinski definition) is 4. The third-order valence-electron chi connectivity index (χ3n) is 4.32. The Kier molecular flexibility index (Phi) is 7.18. The van der Waals surface area contributed by atoms with E-state index in [-0.39, 0.29) is 23.1 Å². The van der Waals surface area contributed by atoms with Crippen molar-refractivity contribution >= 4 is 11.8 Å². The first kappa shape index (κ1) is 22.6. The van der Waals surface area contributed by atoms with Gasteiger partial charge in [-0.05, 0) is 60.2 Å². The van der Waals surface area contributed by atoms with Crippen LogP contribution in [0.4, 0.5) is 17.6 Å². The molecule has 3 aromatic rings. The average molecular weight is 446 g/mol. The van der Waals surface area contributed by atoms with Crippen LogP contribution in [0.25, 0.3) is 11.3 Å². The van der Waals surface area contributed by atoms with Gasteiger partial charge in [-0.1, -0.05) is 19.1 Å². The second-order valence-corrected chi connectivity index (χ2v) is 7.72. The van der Waals surface area contributed by atoms with Crippen molar-refractivity contribution in [3.8, 4) is 23.1 Å². The Hall–Kier alpha value is -3.05. The van der Waals surface area contributed by atoms with Gasteiger partial charge in [0.2, 0.25) is 0 Å². The number of halogens is 4. The Morgan fingerprint density at radius 2 is 1.74 bits per heavy atom. The molecular formula is C23H18F4N2OS. The van der Waals surface area contributed by atoms with Crippen LogP contribution >= 0.6 is 11.8 Å². The predicted molar refractivity (Wildman–Crippen MR) is 111 cm³/mol. The molecule has 0 atom stereocenters. The summed E-state index contributed by atoms with van der Waals surface area (Å²) in [4.78, 5) is 4.32. The lowest BCUT2D eigenvalue weighted by atomic mass is 10.1. The van der Waals surface area contributed by atoms with Crippen molar-refractivity contribution in [2.45, 2.75) is 31.2 Å². The molecule has 0 saturated heterocycles. The highest BCUT2D eigenvalue weighted by Crippen LogP contribution is 2.38. The molecule has 2 aromatic carbocycles. The molecule has 160 valence electrons. The Bertz CT molecular complexity index is 1070. The van der Waals surface area contributed by atoms with E-state index in [4.69, 9.17) is 4.74 Å². The van der Waals surface area contributed by atoms with Gasteiger partial charge in [-0.15, -0.1) is 11.8 Å². The zero-order valence-corrected chi connectivity index (χ0v) is 17.4. The lowest BCUT2D eigenvalue weighted by molar-refractivity contribution is -0.138. The summed E-state index contributed by atoms with van der Waals surface area (Å²) in [5, 5.41) is 9.36. The highest BCUT2D eigenvalue weighted by Gasteiger charge is 2.36. The summed E-state index contributed by atoms with van der Waals surface area (Å²) in [5.41, 5.74) is -0.0479. The topological polar surface area (TPSA) is 45.9 Å².